The minimum atomic E-state index is -1.19. The molecule has 0 aliphatic heterocycles. The highest BCUT2D eigenvalue weighted by molar-refractivity contribution is 7.99. The summed E-state index contributed by atoms with van der Waals surface area (Å²) in [5, 5.41) is 13.6. The van der Waals surface area contributed by atoms with Gasteiger partial charge in [0, 0.05) is 6.20 Å². The van der Waals surface area contributed by atoms with Crippen LogP contribution in [0.3, 0.4) is 0 Å². The number of amides is 3. The molecule has 26 heavy (non-hydrogen) atoms. The predicted molar refractivity (Wildman–Crippen MR) is 96.0 cm³/mol. The lowest BCUT2D eigenvalue weighted by atomic mass is 10.2. The maximum absolute atomic E-state index is 11.7. The second-order valence-corrected chi connectivity index (χ2v) is 7.44. The average molecular weight is 385 g/mol. The molecule has 0 spiro atoms. The van der Waals surface area contributed by atoms with Crippen molar-refractivity contribution in [2.45, 2.75) is 38.8 Å². The van der Waals surface area contributed by atoms with Crippen molar-refractivity contribution in [1.29, 1.82) is 0 Å². The lowest BCUT2D eigenvalue weighted by Gasteiger charge is -2.21. The number of rotatable bonds is 8. The van der Waals surface area contributed by atoms with Gasteiger partial charge >= 0.3 is 12.1 Å². The molecule has 9 nitrogen and oxygen atoms in total. The van der Waals surface area contributed by atoms with E-state index in [2.05, 4.69) is 15.6 Å². The Bertz CT molecular complexity index is 639. The highest BCUT2D eigenvalue weighted by Gasteiger charge is 2.23. The molecule has 0 aliphatic rings. The van der Waals surface area contributed by atoms with E-state index in [0.29, 0.717) is 5.75 Å². The Hall–Kier alpha value is -2.49. The van der Waals surface area contributed by atoms with E-state index in [1.807, 2.05) is 0 Å². The second kappa shape index (κ2) is 9.85. The number of alkyl carbamates (subject to hydrolysis) is 1. The van der Waals surface area contributed by atoms with Crippen molar-refractivity contribution < 1.29 is 29.0 Å². The number of ether oxygens (including phenoxy) is 1. The van der Waals surface area contributed by atoms with Gasteiger partial charge in [-0.3, -0.25) is 14.9 Å². The van der Waals surface area contributed by atoms with E-state index >= 15 is 0 Å². The monoisotopic (exact) mass is 385 g/mol. The number of carboxylic acids is 1. The molecule has 0 radical (unpaired) electrons. The number of carbonyl (C=O) groups is 4. The Morgan fingerprint density at radius 1 is 1.31 bits per heavy atom. The van der Waals surface area contributed by atoms with Gasteiger partial charge in [0.05, 0.1) is 5.75 Å². The number of carboxylic acid groups (broad SMARTS) is 1. The molecule has 10 heteroatoms. The number of thioether (sulfide) groups is 1. The summed E-state index contributed by atoms with van der Waals surface area (Å²) in [6.45, 7) is 5.02. The topological polar surface area (TPSA) is 138 Å². The molecule has 1 atom stereocenters. The van der Waals surface area contributed by atoms with Crippen molar-refractivity contribution in [3.63, 3.8) is 0 Å². The third-order valence-electron chi connectivity index (χ3n) is 2.87. The zero-order valence-corrected chi connectivity index (χ0v) is 15.6. The van der Waals surface area contributed by atoms with Gasteiger partial charge in [-0.15, -0.1) is 0 Å². The van der Waals surface area contributed by atoms with Gasteiger partial charge in [-0.1, -0.05) is 0 Å². The smallest absolute Gasteiger partial charge is 0.408 e. The van der Waals surface area contributed by atoms with E-state index in [1.165, 1.54) is 6.07 Å². The van der Waals surface area contributed by atoms with Crippen LogP contribution >= 0.6 is 11.8 Å². The standard InChI is InChI=1S/C16H23N3O6S/c1-16(2,3)25-15(24)18-11(14(22)23)6-8-26-9-12(20)19-13(21)10-5-4-7-17-10/h4-5,7,11,17H,6,8-9H2,1-3H3,(H,18,24)(H,22,23)(H,19,20,21). The van der Waals surface area contributed by atoms with E-state index in [1.54, 1.807) is 33.0 Å². The molecule has 0 saturated carbocycles. The molecule has 0 bridgehead atoms. The number of nitrogens with one attached hydrogen (secondary N) is 3. The van der Waals surface area contributed by atoms with Crippen molar-refractivity contribution in [1.82, 2.24) is 15.6 Å². The van der Waals surface area contributed by atoms with E-state index in [0.717, 1.165) is 11.8 Å². The molecule has 0 fully saturated rings. The number of aliphatic carboxylic acids is 1. The largest absolute Gasteiger partial charge is 0.480 e. The van der Waals surface area contributed by atoms with Crippen LogP contribution in [0.15, 0.2) is 18.3 Å². The van der Waals surface area contributed by atoms with Gasteiger partial charge in [0.1, 0.15) is 17.3 Å². The summed E-state index contributed by atoms with van der Waals surface area (Å²) in [5.41, 5.74) is -0.457. The highest BCUT2D eigenvalue weighted by Crippen LogP contribution is 2.09. The van der Waals surface area contributed by atoms with Crippen LogP contribution in [0.25, 0.3) is 0 Å². The van der Waals surface area contributed by atoms with Crippen LogP contribution in [0.1, 0.15) is 37.7 Å². The van der Waals surface area contributed by atoms with Crippen LogP contribution in [0.5, 0.6) is 0 Å². The Morgan fingerprint density at radius 2 is 2.00 bits per heavy atom. The summed E-state index contributed by atoms with van der Waals surface area (Å²) < 4.78 is 5.02. The molecule has 1 aromatic heterocycles. The number of carbonyl (C=O) groups excluding carboxylic acids is 3. The average Bonchev–Trinajstić information content (AvgIpc) is 3.02. The summed E-state index contributed by atoms with van der Waals surface area (Å²) in [4.78, 5) is 48.9. The van der Waals surface area contributed by atoms with Gasteiger partial charge in [-0.2, -0.15) is 11.8 Å². The van der Waals surface area contributed by atoms with Crippen LogP contribution in [0.2, 0.25) is 0 Å². The molecule has 1 unspecified atom stereocenters. The second-order valence-electron chi connectivity index (χ2n) is 6.34. The number of aromatic nitrogens is 1. The number of hydrogen-bond donors (Lipinski definition) is 4. The minimum Gasteiger partial charge on any atom is -0.480 e. The normalized spacial score (nSPS) is 12.1. The maximum atomic E-state index is 11.7. The summed E-state index contributed by atoms with van der Waals surface area (Å²) in [6, 6.07) is 2.05. The summed E-state index contributed by atoms with van der Waals surface area (Å²) in [5.74, 6) is -1.91. The maximum Gasteiger partial charge on any atom is 0.408 e. The molecule has 4 N–H and O–H groups in total. The Balaban J connectivity index is 2.32. The summed E-state index contributed by atoms with van der Waals surface area (Å²) in [6.07, 6.45) is 0.860. The third-order valence-corrected chi connectivity index (χ3v) is 3.86. The molecule has 1 aromatic rings. The van der Waals surface area contributed by atoms with Crippen LogP contribution in [-0.2, 0) is 14.3 Å². The molecule has 1 rings (SSSR count). The molecule has 0 aliphatic carbocycles. The van der Waals surface area contributed by atoms with E-state index in [4.69, 9.17) is 9.84 Å². The fourth-order valence-corrected chi connectivity index (χ4v) is 2.58. The van der Waals surface area contributed by atoms with Crippen molar-refractivity contribution in [3.8, 4) is 0 Å². The lowest BCUT2D eigenvalue weighted by Crippen LogP contribution is -2.43. The van der Waals surface area contributed by atoms with E-state index < -0.39 is 35.5 Å². The van der Waals surface area contributed by atoms with Gasteiger partial charge in [-0.05, 0) is 45.1 Å². The molecular weight excluding hydrogens is 362 g/mol. The number of imide groups is 1. The lowest BCUT2D eigenvalue weighted by molar-refractivity contribution is -0.139. The molecule has 0 aromatic carbocycles. The highest BCUT2D eigenvalue weighted by atomic mass is 32.2. The van der Waals surface area contributed by atoms with Gasteiger partial charge in [0.15, 0.2) is 0 Å². The first-order valence-corrected chi connectivity index (χ1v) is 9.01. The summed E-state index contributed by atoms with van der Waals surface area (Å²) in [7, 11) is 0. The van der Waals surface area contributed by atoms with Gasteiger partial charge in [0.2, 0.25) is 5.91 Å². The number of aromatic amines is 1. The first-order chi connectivity index (χ1) is 12.1. The van der Waals surface area contributed by atoms with Gasteiger partial charge in [-0.25, -0.2) is 9.59 Å². The summed E-state index contributed by atoms with van der Waals surface area (Å²) >= 11 is 1.16. The Labute approximate surface area is 155 Å². The molecule has 144 valence electrons. The predicted octanol–water partition coefficient (Wildman–Crippen LogP) is 1.37. The first kappa shape index (κ1) is 21.6. The minimum absolute atomic E-state index is 0.00871. The quantitative estimate of drug-likeness (QED) is 0.496. The Morgan fingerprint density at radius 3 is 2.54 bits per heavy atom. The van der Waals surface area contributed by atoms with Crippen LogP contribution in [-0.4, -0.2) is 57.1 Å². The SMILES string of the molecule is CC(C)(C)OC(=O)NC(CCSCC(=O)NC(=O)c1ccc[nH]1)C(=O)O. The zero-order chi connectivity index (χ0) is 19.7. The number of hydrogen-bond acceptors (Lipinski definition) is 6. The third kappa shape index (κ3) is 8.56. The van der Waals surface area contributed by atoms with E-state index in [-0.39, 0.29) is 17.9 Å². The zero-order valence-electron chi connectivity index (χ0n) is 14.8. The molecule has 3 amide bonds. The Kier molecular flexibility index (Phi) is 8.17. The van der Waals surface area contributed by atoms with Crippen molar-refractivity contribution in [2.24, 2.45) is 0 Å². The van der Waals surface area contributed by atoms with Crippen molar-refractivity contribution >= 4 is 35.6 Å². The molecule has 0 saturated heterocycles. The van der Waals surface area contributed by atoms with Crippen LogP contribution in [0.4, 0.5) is 4.79 Å². The fourth-order valence-electron chi connectivity index (χ4n) is 1.77. The van der Waals surface area contributed by atoms with Crippen molar-refractivity contribution in [2.75, 3.05) is 11.5 Å². The number of H-pyrrole nitrogens is 1. The first-order valence-electron chi connectivity index (χ1n) is 7.86. The van der Waals surface area contributed by atoms with Crippen molar-refractivity contribution in [3.05, 3.63) is 24.0 Å². The van der Waals surface area contributed by atoms with Gasteiger partial charge < -0.3 is 20.1 Å². The van der Waals surface area contributed by atoms with Gasteiger partial charge in [0.25, 0.3) is 5.91 Å². The fraction of sp³-hybridized carbons (Fsp3) is 0.500. The molecule has 1 heterocycles. The molecular formula is C16H23N3O6S. The van der Waals surface area contributed by atoms with E-state index in [9.17, 15) is 19.2 Å². The van der Waals surface area contributed by atoms with Crippen LogP contribution < -0.4 is 10.6 Å². The van der Waals surface area contributed by atoms with Crippen LogP contribution in [0, 0.1) is 0 Å².